The number of ether oxygens (including phenoxy) is 1. The lowest BCUT2D eigenvalue weighted by atomic mass is 10.1. The minimum atomic E-state index is 0.0161. The standard InChI is InChI=1S/C10H16N2O/c1-4-9(11)8-5-7(2)6-12-10(8)13-3/h5-6,9H,4,11H2,1-3H3. The van der Waals surface area contributed by atoms with Crippen LogP contribution in [-0.2, 0) is 0 Å². The smallest absolute Gasteiger partial charge is 0.217 e. The average molecular weight is 180 g/mol. The maximum Gasteiger partial charge on any atom is 0.217 e. The zero-order valence-corrected chi connectivity index (χ0v) is 8.37. The highest BCUT2D eigenvalue weighted by Crippen LogP contribution is 2.23. The van der Waals surface area contributed by atoms with Crippen LogP contribution in [0.3, 0.4) is 0 Å². The summed E-state index contributed by atoms with van der Waals surface area (Å²) in [5.74, 6) is 0.639. The van der Waals surface area contributed by atoms with Crippen LogP contribution >= 0.6 is 0 Å². The highest BCUT2D eigenvalue weighted by molar-refractivity contribution is 5.31. The van der Waals surface area contributed by atoms with E-state index in [1.54, 1.807) is 13.3 Å². The number of aryl methyl sites for hydroxylation is 1. The maximum absolute atomic E-state index is 5.92. The molecule has 0 saturated heterocycles. The van der Waals surface area contributed by atoms with E-state index in [1.165, 1.54) is 0 Å². The van der Waals surface area contributed by atoms with E-state index in [2.05, 4.69) is 4.98 Å². The lowest BCUT2D eigenvalue weighted by Crippen LogP contribution is -2.11. The molecule has 1 aromatic heterocycles. The van der Waals surface area contributed by atoms with E-state index in [4.69, 9.17) is 10.5 Å². The largest absolute Gasteiger partial charge is 0.481 e. The Balaban J connectivity index is 3.07. The van der Waals surface area contributed by atoms with E-state index in [-0.39, 0.29) is 6.04 Å². The van der Waals surface area contributed by atoms with Gasteiger partial charge in [-0.1, -0.05) is 6.92 Å². The molecule has 0 amide bonds. The van der Waals surface area contributed by atoms with E-state index in [9.17, 15) is 0 Å². The van der Waals surface area contributed by atoms with Gasteiger partial charge in [-0.25, -0.2) is 4.98 Å². The second-order valence-corrected chi connectivity index (χ2v) is 3.13. The molecule has 72 valence electrons. The molecule has 3 nitrogen and oxygen atoms in total. The molecule has 1 atom stereocenters. The van der Waals surface area contributed by atoms with Crippen LogP contribution in [0.4, 0.5) is 0 Å². The SMILES string of the molecule is CCC(N)c1cc(C)cnc1OC. The molecule has 0 radical (unpaired) electrons. The van der Waals surface area contributed by atoms with Crippen molar-refractivity contribution < 1.29 is 4.74 Å². The van der Waals surface area contributed by atoms with E-state index in [0.29, 0.717) is 5.88 Å². The van der Waals surface area contributed by atoms with Crippen LogP contribution in [0, 0.1) is 6.92 Å². The topological polar surface area (TPSA) is 48.1 Å². The Morgan fingerprint density at radius 3 is 2.85 bits per heavy atom. The summed E-state index contributed by atoms with van der Waals surface area (Å²) in [6.07, 6.45) is 2.67. The number of pyridine rings is 1. The Morgan fingerprint density at radius 2 is 2.31 bits per heavy atom. The van der Waals surface area contributed by atoms with Crippen molar-refractivity contribution in [1.82, 2.24) is 4.98 Å². The zero-order valence-electron chi connectivity index (χ0n) is 8.37. The van der Waals surface area contributed by atoms with Gasteiger partial charge in [0.05, 0.1) is 7.11 Å². The third-order valence-electron chi connectivity index (χ3n) is 2.05. The quantitative estimate of drug-likeness (QED) is 0.771. The summed E-state index contributed by atoms with van der Waals surface area (Å²) >= 11 is 0. The number of rotatable bonds is 3. The normalized spacial score (nSPS) is 12.6. The van der Waals surface area contributed by atoms with Gasteiger partial charge in [0.25, 0.3) is 0 Å². The number of hydrogen-bond acceptors (Lipinski definition) is 3. The van der Waals surface area contributed by atoms with Crippen LogP contribution in [0.5, 0.6) is 5.88 Å². The third-order valence-corrected chi connectivity index (χ3v) is 2.05. The minimum absolute atomic E-state index is 0.0161. The zero-order chi connectivity index (χ0) is 9.84. The molecule has 1 rings (SSSR count). The molecule has 1 aromatic rings. The predicted octanol–water partition coefficient (Wildman–Crippen LogP) is 1.81. The average Bonchev–Trinajstić information content (AvgIpc) is 2.16. The molecule has 0 aliphatic rings. The predicted molar refractivity (Wildman–Crippen MR) is 52.7 cm³/mol. The van der Waals surface area contributed by atoms with Crippen LogP contribution in [0.15, 0.2) is 12.3 Å². The van der Waals surface area contributed by atoms with Crippen molar-refractivity contribution in [1.29, 1.82) is 0 Å². The van der Waals surface area contributed by atoms with Crippen molar-refractivity contribution >= 4 is 0 Å². The summed E-state index contributed by atoms with van der Waals surface area (Å²) in [5.41, 5.74) is 8.02. The van der Waals surface area contributed by atoms with Crippen molar-refractivity contribution in [3.05, 3.63) is 23.4 Å². The van der Waals surface area contributed by atoms with Gasteiger partial charge in [0.15, 0.2) is 0 Å². The number of aromatic nitrogens is 1. The summed E-state index contributed by atoms with van der Waals surface area (Å²) in [6, 6.07) is 2.04. The molecule has 0 spiro atoms. The van der Waals surface area contributed by atoms with Gasteiger partial charge in [0.1, 0.15) is 0 Å². The van der Waals surface area contributed by atoms with Gasteiger partial charge in [0, 0.05) is 17.8 Å². The highest BCUT2D eigenvalue weighted by Gasteiger charge is 2.10. The van der Waals surface area contributed by atoms with Crippen molar-refractivity contribution in [3.8, 4) is 5.88 Å². The van der Waals surface area contributed by atoms with Gasteiger partial charge in [0.2, 0.25) is 5.88 Å². The lowest BCUT2D eigenvalue weighted by molar-refractivity contribution is 0.387. The highest BCUT2D eigenvalue weighted by atomic mass is 16.5. The summed E-state index contributed by atoms with van der Waals surface area (Å²) in [5, 5.41) is 0. The van der Waals surface area contributed by atoms with Crippen molar-refractivity contribution in [2.45, 2.75) is 26.3 Å². The first-order chi connectivity index (χ1) is 6.19. The van der Waals surface area contributed by atoms with Gasteiger partial charge >= 0.3 is 0 Å². The molecular weight excluding hydrogens is 164 g/mol. The fourth-order valence-electron chi connectivity index (χ4n) is 1.24. The molecule has 0 saturated carbocycles. The first-order valence-corrected chi connectivity index (χ1v) is 4.45. The van der Waals surface area contributed by atoms with Gasteiger partial charge in [-0.3, -0.25) is 0 Å². The maximum atomic E-state index is 5.92. The first-order valence-electron chi connectivity index (χ1n) is 4.45. The molecule has 1 unspecified atom stereocenters. The second-order valence-electron chi connectivity index (χ2n) is 3.13. The fraction of sp³-hybridized carbons (Fsp3) is 0.500. The van der Waals surface area contributed by atoms with Gasteiger partial charge in [-0.2, -0.15) is 0 Å². The number of nitrogens with zero attached hydrogens (tertiary/aromatic N) is 1. The Labute approximate surface area is 78.9 Å². The fourth-order valence-corrected chi connectivity index (χ4v) is 1.24. The van der Waals surface area contributed by atoms with E-state index >= 15 is 0 Å². The summed E-state index contributed by atoms with van der Waals surface area (Å²) in [6.45, 7) is 4.05. The molecule has 0 fully saturated rings. The number of hydrogen-bond donors (Lipinski definition) is 1. The Kier molecular flexibility index (Phi) is 3.25. The Hall–Kier alpha value is -1.09. The molecule has 3 heteroatoms. The van der Waals surface area contributed by atoms with Gasteiger partial charge < -0.3 is 10.5 Å². The Bertz CT molecular complexity index is 286. The van der Waals surface area contributed by atoms with Crippen LogP contribution < -0.4 is 10.5 Å². The van der Waals surface area contributed by atoms with E-state index in [1.807, 2.05) is 19.9 Å². The number of nitrogens with two attached hydrogens (primary N) is 1. The lowest BCUT2D eigenvalue weighted by Gasteiger charge is -2.13. The van der Waals surface area contributed by atoms with Crippen LogP contribution in [0.2, 0.25) is 0 Å². The molecule has 0 aliphatic heterocycles. The van der Waals surface area contributed by atoms with Crippen molar-refractivity contribution in [2.75, 3.05) is 7.11 Å². The van der Waals surface area contributed by atoms with E-state index < -0.39 is 0 Å². The molecule has 13 heavy (non-hydrogen) atoms. The molecule has 0 bridgehead atoms. The number of methoxy groups -OCH3 is 1. The van der Waals surface area contributed by atoms with Crippen molar-refractivity contribution in [2.24, 2.45) is 5.73 Å². The van der Waals surface area contributed by atoms with Crippen LogP contribution in [0.25, 0.3) is 0 Å². The second kappa shape index (κ2) is 4.23. The summed E-state index contributed by atoms with van der Waals surface area (Å²) in [4.78, 5) is 4.16. The Morgan fingerprint density at radius 1 is 1.62 bits per heavy atom. The minimum Gasteiger partial charge on any atom is -0.481 e. The van der Waals surface area contributed by atoms with Crippen molar-refractivity contribution in [3.63, 3.8) is 0 Å². The van der Waals surface area contributed by atoms with Gasteiger partial charge in [-0.05, 0) is 25.0 Å². The molecule has 2 N–H and O–H groups in total. The van der Waals surface area contributed by atoms with Crippen LogP contribution in [-0.4, -0.2) is 12.1 Å². The first kappa shape index (κ1) is 9.99. The van der Waals surface area contributed by atoms with Gasteiger partial charge in [-0.15, -0.1) is 0 Å². The molecule has 1 heterocycles. The monoisotopic (exact) mass is 180 g/mol. The summed E-state index contributed by atoms with van der Waals surface area (Å²) < 4.78 is 5.13. The molecule has 0 aliphatic carbocycles. The van der Waals surface area contributed by atoms with E-state index in [0.717, 1.165) is 17.5 Å². The molecule has 0 aromatic carbocycles. The molecular formula is C10H16N2O. The van der Waals surface area contributed by atoms with Crippen LogP contribution in [0.1, 0.15) is 30.5 Å². The third kappa shape index (κ3) is 2.18. The summed E-state index contributed by atoms with van der Waals surface area (Å²) in [7, 11) is 1.61.